The third-order valence-electron chi connectivity index (χ3n) is 11.3. The van der Waals surface area contributed by atoms with E-state index >= 15 is 0 Å². The normalized spacial score (nSPS) is 20.2. The smallest absolute Gasteiger partial charge is 0.419 e. The Morgan fingerprint density at radius 2 is 1.76 bits per heavy atom. The van der Waals surface area contributed by atoms with Crippen molar-refractivity contribution in [2.24, 2.45) is 5.92 Å². The number of rotatable bonds is 13. The van der Waals surface area contributed by atoms with E-state index in [1.807, 2.05) is 19.9 Å². The van der Waals surface area contributed by atoms with Gasteiger partial charge in [0, 0.05) is 50.6 Å². The quantitative estimate of drug-likeness (QED) is 0.117. The Hall–Kier alpha value is -5.45. The molecule has 6 rings (SSSR count). The second-order valence-electron chi connectivity index (χ2n) is 16.5. The van der Waals surface area contributed by atoms with Gasteiger partial charge in [-0.3, -0.25) is 39.2 Å². The molecule has 0 saturated carbocycles. The molecule has 62 heavy (non-hydrogen) atoms. The first kappa shape index (κ1) is 46.1. The third kappa shape index (κ3) is 10.1. The molecule has 1 N–H and O–H groups in total. The average molecular weight is 886 g/mol. The van der Waals surface area contributed by atoms with E-state index in [9.17, 15) is 50.8 Å². The number of halogens is 6. The van der Waals surface area contributed by atoms with Crippen molar-refractivity contribution >= 4 is 52.2 Å². The molecule has 3 aromatic rings. The minimum Gasteiger partial charge on any atom is -0.492 e. The van der Waals surface area contributed by atoms with Crippen molar-refractivity contribution < 1.29 is 50.3 Å². The highest BCUT2D eigenvalue weighted by Crippen LogP contribution is 2.41. The van der Waals surface area contributed by atoms with E-state index in [4.69, 9.17) is 17.0 Å². The topological polar surface area (TPSA) is 139 Å². The van der Waals surface area contributed by atoms with E-state index in [1.165, 1.54) is 11.0 Å². The Morgan fingerprint density at radius 1 is 1.03 bits per heavy atom. The van der Waals surface area contributed by atoms with Crippen molar-refractivity contribution in [2.75, 3.05) is 49.1 Å². The summed E-state index contributed by atoms with van der Waals surface area (Å²) in [5.41, 5.74) is -1.21. The number of nitrogens with zero attached hydrogens (tertiary/aromatic N) is 6. The number of hydrogen-bond donors (Lipinski definition) is 1. The van der Waals surface area contributed by atoms with E-state index in [1.54, 1.807) is 55.1 Å². The van der Waals surface area contributed by atoms with Gasteiger partial charge < -0.3 is 9.64 Å². The van der Waals surface area contributed by atoms with Gasteiger partial charge in [-0.25, -0.2) is 4.98 Å². The summed E-state index contributed by atoms with van der Waals surface area (Å²) < 4.78 is 90.7. The molecule has 3 amide bonds. The Labute approximate surface area is 359 Å². The number of carbonyl (C=O) groups excluding carboxylic acids is 4. The first-order chi connectivity index (χ1) is 29.1. The number of pyridine rings is 1. The van der Waals surface area contributed by atoms with Gasteiger partial charge in [0.2, 0.25) is 11.8 Å². The molecule has 2 atom stereocenters. The number of piperidine rings is 1. The van der Waals surface area contributed by atoms with Crippen LogP contribution in [-0.4, -0.2) is 100 Å². The second kappa shape index (κ2) is 18.1. The Bertz CT molecular complexity index is 2300. The van der Waals surface area contributed by atoms with Gasteiger partial charge in [-0.1, -0.05) is 38.1 Å². The van der Waals surface area contributed by atoms with Crippen LogP contribution in [-0.2, 0) is 38.2 Å². The molecular weight excluding hydrogens is 841 g/mol. The first-order valence-corrected chi connectivity index (χ1v) is 20.4. The molecule has 19 heteroatoms. The highest BCUT2D eigenvalue weighted by Gasteiger charge is 2.51. The number of ketones is 1. The van der Waals surface area contributed by atoms with Crippen LogP contribution >= 0.6 is 12.2 Å². The summed E-state index contributed by atoms with van der Waals surface area (Å²) in [5.74, 6) is -1.74. The van der Waals surface area contributed by atoms with Crippen LogP contribution in [0.25, 0.3) is 0 Å². The van der Waals surface area contributed by atoms with Crippen molar-refractivity contribution in [3.8, 4) is 11.8 Å². The van der Waals surface area contributed by atoms with Gasteiger partial charge in [0.15, 0.2) is 16.6 Å². The summed E-state index contributed by atoms with van der Waals surface area (Å²) in [6.45, 7) is 6.59. The number of imide groups is 1. The molecule has 4 heterocycles. The molecule has 0 aliphatic carbocycles. The standard InChI is InChI=1S/C43H45F6N7O5S/c1-25(2)32-19-29(56-40(62)55(39(60)41(56,3)4)30-20-33(42(44,45)46)34(21-50)51-22-30)9-10-35(32)61-15-14-53-12-13-54(36(24-53)43(47,48)49)23-31(57)18-27-7-5-6-26(16-27)17-28-8-11-37(58)52-38(28)59/h5-7,9-10,16,19-20,22,25,28,36H,8,11-15,17-18,23-24H2,1-4H3,(H,52,58,59)/t28?,36-/m0/s1. The van der Waals surface area contributed by atoms with E-state index in [0.29, 0.717) is 41.5 Å². The summed E-state index contributed by atoms with van der Waals surface area (Å²) in [7, 11) is 0. The summed E-state index contributed by atoms with van der Waals surface area (Å²) in [5, 5.41) is 11.4. The van der Waals surface area contributed by atoms with Crippen molar-refractivity contribution in [1.82, 2.24) is 20.1 Å². The fourth-order valence-electron chi connectivity index (χ4n) is 8.05. The van der Waals surface area contributed by atoms with Crippen LogP contribution in [0.15, 0.2) is 54.7 Å². The maximum atomic E-state index is 14.4. The van der Waals surface area contributed by atoms with Gasteiger partial charge >= 0.3 is 12.4 Å². The highest BCUT2D eigenvalue weighted by atomic mass is 32.1. The molecule has 1 aromatic heterocycles. The number of amides is 3. The molecule has 0 spiro atoms. The fourth-order valence-corrected chi connectivity index (χ4v) is 8.58. The molecule has 0 bridgehead atoms. The van der Waals surface area contributed by atoms with Gasteiger partial charge in [-0.2, -0.15) is 31.6 Å². The third-order valence-corrected chi connectivity index (χ3v) is 11.7. The van der Waals surface area contributed by atoms with E-state index < -0.39 is 47.6 Å². The molecule has 1 unspecified atom stereocenters. The Kier molecular flexibility index (Phi) is 13.5. The van der Waals surface area contributed by atoms with Gasteiger partial charge in [0.1, 0.15) is 30.0 Å². The molecule has 3 aliphatic rings. The minimum absolute atomic E-state index is 0.00523. The van der Waals surface area contributed by atoms with Crippen molar-refractivity contribution in [3.05, 3.63) is 82.7 Å². The van der Waals surface area contributed by atoms with Gasteiger partial charge in [-0.05, 0) is 85.8 Å². The maximum Gasteiger partial charge on any atom is 0.419 e. The number of anilines is 2. The number of aromatic nitrogens is 1. The van der Waals surface area contributed by atoms with Crippen molar-refractivity contribution in [3.63, 3.8) is 0 Å². The molecular formula is C43H45F6N7O5S. The maximum absolute atomic E-state index is 14.4. The number of thiocarbonyl (C=S) groups is 1. The number of benzene rings is 2. The first-order valence-electron chi connectivity index (χ1n) is 20.0. The SMILES string of the molecule is CC(C)c1cc(N2C(=S)N(c3cnc(C#N)c(C(F)(F)F)c3)C(=O)C2(C)C)ccc1OCCN1CCN(CC(=O)Cc2cccc(CC3CCC(=O)NC3=O)c2)[C@H](C(F)(F)F)C1. The fraction of sp³-hybridized carbons (Fsp3) is 0.465. The van der Waals surface area contributed by atoms with Crippen LogP contribution in [0, 0.1) is 17.2 Å². The molecule has 2 aromatic carbocycles. The number of nitriles is 1. The molecule has 3 saturated heterocycles. The summed E-state index contributed by atoms with van der Waals surface area (Å²) in [4.78, 5) is 59.5. The molecule has 12 nitrogen and oxygen atoms in total. The van der Waals surface area contributed by atoms with Crippen LogP contribution < -0.4 is 19.9 Å². The number of nitrogens with one attached hydrogen (secondary N) is 1. The van der Waals surface area contributed by atoms with Crippen molar-refractivity contribution in [2.45, 2.75) is 83.2 Å². The van der Waals surface area contributed by atoms with Crippen LogP contribution in [0.2, 0.25) is 0 Å². The van der Waals surface area contributed by atoms with Crippen LogP contribution in [0.3, 0.4) is 0 Å². The number of Topliss-reactive ketones (excluding diaryl/α,β-unsaturated/α-hetero) is 1. The highest BCUT2D eigenvalue weighted by molar-refractivity contribution is 7.81. The lowest BCUT2D eigenvalue weighted by Gasteiger charge is -2.41. The zero-order chi connectivity index (χ0) is 45.3. The zero-order valence-electron chi connectivity index (χ0n) is 34.4. The lowest BCUT2D eigenvalue weighted by molar-refractivity contribution is -0.197. The number of carbonyl (C=O) groups is 4. The van der Waals surface area contributed by atoms with E-state index in [-0.39, 0.29) is 85.9 Å². The van der Waals surface area contributed by atoms with Crippen LogP contribution in [0.5, 0.6) is 5.75 Å². The largest absolute Gasteiger partial charge is 0.492 e. The Balaban J connectivity index is 1.08. The van der Waals surface area contributed by atoms with Crippen molar-refractivity contribution in [1.29, 1.82) is 5.26 Å². The number of hydrogen-bond acceptors (Lipinski definition) is 10. The molecule has 3 aliphatic heterocycles. The number of piperazine rings is 1. The summed E-state index contributed by atoms with van der Waals surface area (Å²) in [6.07, 6.45) is -7.58. The minimum atomic E-state index is -4.91. The molecule has 3 fully saturated rings. The van der Waals surface area contributed by atoms with Gasteiger partial charge in [0.25, 0.3) is 5.91 Å². The summed E-state index contributed by atoms with van der Waals surface area (Å²) >= 11 is 5.66. The van der Waals surface area contributed by atoms with Gasteiger partial charge in [-0.15, -0.1) is 0 Å². The average Bonchev–Trinajstić information content (AvgIpc) is 3.37. The second-order valence-corrected chi connectivity index (χ2v) is 16.8. The van der Waals surface area contributed by atoms with E-state index in [2.05, 4.69) is 10.3 Å². The van der Waals surface area contributed by atoms with Crippen LogP contribution in [0.1, 0.15) is 74.4 Å². The predicted molar refractivity (Wildman–Crippen MR) is 219 cm³/mol. The van der Waals surface area contributed by atoms with Crippen LogP contribution in [0.4, 0.5) is 37.7 Å². The predicted octanol–water partition coefficient (Wildman–Crippen LogP) is 6.35. The molecule has 0 radical (unpaired) electrons. The summed E-state index contributed by atoms with van der Waals surface area (Å²) in [6, 6.07) is 12.2. The molecule has 330 valence electrons. The Morgan fingerprint density at radius 3 is 2.42 bits per heavy atom. The number of alkyl halides is 6. The van der Waals surface area contributed by atoms with Gasteiger partial charge in [0.05, 0.1) is 24.0 Å². The lowest BCUT2D eigenvalue weighted by Crippen LogP contribution is -2.60. The number of ether oxygens (including phenoxy) is 1. The monoisotopic (exact) mass is 885 g/mol. The lowest BCUT2D eigenvalue weighted by atomic mass is 9.90. The van der Waals surface area contributed by atoms with E-state index in [0.717, 1.165) is 21.6 Å². The zero-order valence-corrected chi connectivity index (χ0v) is 35.2.